The van der Waals surface area contributed by atoms with Gasteiger partial charge in [0.15, 0.2) is 0 Å². The molecule has 1 N–H and O–H groups in total. The second-order valence-corrected chi connectivity index (χ2v) is 11.6. The summed E-state index contributed by atoms with van der Waals surface area (Å²) in [5.41, 5.74) is 0.150. The van der Waals surface area contributed by atoms with Crippen molar-refractivity contribution in [2.24, 2.45) is 23.2 Å². The first-order valence-corrected chi connectivity index (χ1v) is 13.1. The molecule has 2 aromatic rings. The Morgan fingerprint density at radius 1 is 0.967 bits per heavy atom. The van der Waals surface area contributed by atoms with Gasteiger partial charge >= 0.3 is 0 Å². The van der Waals surface area contributed by atoms with Crippen LogP contribution in [0, 0.1) is 23.2 Å². The zero-order valence-corrected chi connectivity index (χ0v) is 18.9. The highest BCUT2D eigenvalue weighted by atomic mass is 32.2. The average Bonchev–Trinajstić information content (AvgIpc) is 2.71. The summed E-state index contributed by atoms with van der Waals surface area (Å²) in [6, 6.07) is 11.2. The molecule has 1 atom stereocenters. The Hall–Kier alpha value is -1.59. The van der Waals surface area contributed by atoms with Gasteiger partial charge in [0.05, 0.1) is 11.5 Å². The fraction of sp³-hybridized carbons (Fsp3) is 0.600. The molecule has 2 aromatic carbocycles. The highest BCUT2D eigenvalue weighted by Crippen LogP contribution is 2.61. The van der Waals surface area contributed by atoms with Crippen LogP contribution in [0.15, 0.2) is 41.3 Å². The summed E-state index contributed by atoms with van der Waals surface area (Å²) < 4.78 is 36.2. The normalized spacial score (nSPS) is 31.2. The predicted octanol–water partition coefficient (Wildman–Crippen LogP) is 5.51. The van der Waals surface area contributed by atoms with Crippen LogP contribution in [-0.4, -0.2) is 21.1 Å². The fourth-order valence-corrected chi connectivity index (χ4v) is 8.89. The smallest absolute Gasteiger partial charge is 0.241 e. The van der Waals surface area contributed by atoms with Gasteiger partial charge < -0.3 is 4.74 Å². The lowest BCUT2D eigenvalue weighted by Gasteiger charge is -2.59. The highest BCUT2D eigenvalue weighted by molar-refractivity contribution is 7.89. The van der Waals surface area contributed by atoms with E-state index >= 15 is 0 Å². The second-order valence-electron chi connectivity index (χ2n) is 9.90. The van der Waals surface area contributed by atoms with E-state index in [1.54, 1.807) is 12.1 Å². The van der Waals surface area contributed by atoms with Crippen molar-refractivity contribution in [2.45, 2.75) is 69.7 Å². The molecule has 6 rings (SSSR count). The summed E-state index contributed by atoms with van der Waals surface area (Å²) in [5.74, 6) is 3.16. The lowest BCUT2D eigenvalue weighted by atomic mass is 9.47. The molecule has 0 heterocycles. The third-order valence-electron chi connectivity index (χ3n) is 7.96. The van der Waals surface area contributed by atoms with E-state index in [2.05, 4.69) is 11.6 Å². The van der Waals surface area contributed by atoms with E-state index in [-0.39, 0.29) is 11.5 Å². The molecule has 0 radical (unpaired) electrons. The molecule has 4 fully saturated rings. The molecule has 30 heavy (non-hydrogen) atoms. The lowest BCUT2D eigenvalue weighted by Crippen LogP contribution is -2.56. The van der Waals surface area contributed by atoms with Crippen molar-refractivity contribution in [1.82, 2.24) is 4.72 Å². The maximum atomic E-state index is 13.6. The molecule has 162 valence electrons. The number of ether oxygens (including phenoxy) is 1. The molecule has 5 heteroatoms. The third-order valence-corrected chi connectivity index (χ3v) is 9.49. The molecule has 4 aliphatic rings. The Bertz CT molecular complexity index is 1010. The van der Waals surface area contributed by atoms with Crippen LogP contribution < -0.4 is 9.46 Å². The number of sulfonamides is 1. The van der Waals surface area contributed by atoms with Crippen LogP contribution in [0.25, 0.3) is 10.8 Å². The molecule has 0 aromatic heterocycles. The van der Waals surface area contributed by atoms with Gasteiger partial charge in [0.2, 0.25) is 10.0 Å². The van der Waals surface area contributed by atoms with Gasteiger partial charge in [-0.05, 0) is 87.2 Å². The number of benzene rings is 2. The van der Waals surface area contributed by atoms with Crippen molar-refractivity contribution < 1.29 is 13.2 Å². The van der Waals surface area contributed by atoms with Crippen LogP contribution in [0.5, 0.6) is 5.75 Å². The molecular formula is C25H33NO3S. The van der Waals surface area contributed by atoms with Gasteiger partial charge in [0, 0.05) is 16.8 Å². The van der Waals surface area contributed by atoms with E-state index in [4.69, 9.17) is 4.74 Å². The number of fused-ring (bicyclic) bond motifs is 1. The maximum Gasteiger partial charge on any atom is 0.241 e. The Balaban J connectivity index is 1.49. The van der Waals surface area contributed by atoms with E-state index in [9.17, 15) is 8.42 Å². The molecule has 4 nitrogen and oxygen atoms in total. The number of hydrogen-bond donors (Lipinski definition) is 1. The monoisotopic (exact) mass is 427 g/mol. The Kier molecular flexibility index (Phi) is 5.10. The third kappa shape index (κ3) is 3.34. The van der Waals surface area contributed by atoms with Gasteiger partial charge in [-0.25, -0.2) is 13.1 Å². The SMILES string of the molecule is CCOc1ccc(S(=O)(=O)N[C@H](CC)C23CC4CC(CC(C4)C2)C3)c2ccccc12. The zero-order valence-electron chi connectivity index (χ0n) is 18.1. The average molecular weight is 428 g/mol. The van der Waals surface area contributed by atoms with Gasteiger partial charge in [-0.1, -0.05) is 31.2 Å². The maximum absolute atomic E-state index is 13.6. The van der Waals surface area contributed by atoms with E-state index in [1.165, 1.54) is 38.5 Å². The van der Waals surface area contributed by atoms with Crippen molar-refractivity contribution in [2.75, 3.05) is 6.61 Å². The topological polar surface area (TPSA) is 55.4 Å². The quantitative estimate of drug-likeness (QED) is 0.634. The van der Waals surface area contributed by atoms with Gasteiger partial charge in [-0.15, -0.1) is 0 Å². The van der Waals surface area contributed by atoms with E-state index in [1.807, 2.05) is 31.2 Å². The minimum absolute atomic E-state index is 0.0150. The molecular weight excluding hydrogens is 394 g/mol. The number of hydrogen-bond acceptors (Lipinski definition) is 3. The van der Waals surface area contributed by atoms with Crippen LogP contribution in [0.2, 0.25) is 0 Å². The first kappa shape index (κ1) is 20.3. The largest absolute Gasteiger partial charge is 0.493 e. The molecule has 4 aliphatic carbocycles. The fourth-order valence-electron chi connectivity index (χ4n) is 7.26. The Morgan fingerprint density at radius 3 is 2.13 bits per heavy atom. The summed E-state index contributed by atoms with van der Waals surface area (Å²) in [5, 5.41) is 1.58. The molecule has 4 saturated carbocycles. The molecule has 0 aliphatic heterocycles. The number of rotatable bonds is 7. The standard InChI is InChI=1S/C25H33NO3S/c1-3-24(25-14-17-11-18(15-25)13-19(12-17)16-25)26-30(27,28)23-10-9-22(29-4-2)20-7-5-6-8-21(20)23/h5-10,17-19,24,26H,3-4,11-16H2,1-2H3/t17?,18?,19?,24-,25?/m1/s1. The van der Waals surface area contributed by atoms with Crippen molar-refractivity contribution in [1.29, 1.82) is 0 Å². The molecule has 4 bridgehead atoms. The minimum Gasteiger partial charge on any atom is -0.493 e. The molecule has 0 spiro atoms. The number of nitrogens with one attached hydrogen (secondary N) is 1. The summed E-state index contributed by atoms with van der Waals surface area (Å²) in [6.45, 7) is 4.64. The van der Waals surface area contributed by atoms with Crippen LogP contribution in [0.4, 0.5) is 0 Å². The zero-order chi connectivity index (χ0) is 20.9. The summed E-state index contributed by atoms with van der Waals surface area (Å²) in [6.07, 6.45) is 8.54. The van der Waals surface area contributed by atoms with Crippen LogP contribution in [0.1, 0.15) is 58.8 Å². The van der Waals surface area contributed by atoms with Gasteiger partial charge in [0.1, 0.15) is 5.75 Å². The summed E-state index contributed by atoms with van der Waals surface area (Å²) >= 11 is 0. The predicted molar refractivity (Wildman–Crippen MR) is 120 cm³/mol. The van der Waals surface area contributed by atoms with Gasteiger partial charge in [-0.3, -0.25) is 0 Å². The van der Waals surface area contributed by atoms with Crippen molar-refractivity contribution in [3.63, 3.8) is 0 Å². The van der Waals surface area contributed by atoms with Crippen LogP contribution in [-0.2, 0) is 10.0 Å². The second kappa shape index (κ2) is 7.52. The van der Waals surface area contributed by atoms with Crippen LogP contribution in [0.3, 0.4) is 0 Å². The molecule has 0 saturated heterocycles. The first-order valence-electron chi connectivity index (χ1n) is 11.6. The highest BCUT2D eigenvalue weighted by Gasteiger charge is 2.54. The first-order chi connectivity index (χ1) is 14.4. The van der Waals surface area contributed by atoms with Gasteiger partial charge in [0.25, 0.3) is 0 Å². The molecule has 0 unspecified atom stereocenters. The van der Waals surface area contributed by atoms with Crippen LogP contribution >= 0.6 is 0 Å². The Morgan fingerprint density at radius 2 is 1.57 bits per heavy atom. The van der Waals surface area contributed by atoms with E-state index < -0.39 is 10.0 Å². The minimum atomic E-state index is -3.63. The summed E-state index contributed by atoms with van der Waals surface area (Å²) in [7, 11) is -3.63. The van der Waals surface area contributed by atoms with Crippen molar-refractivity contribution in [3.05, 3.63) is 36.4 Å². The summed E-state index contributed by atoms with van der Waals surface area (Å²) in [4.78, 5) is 0.365. The van der Waals surface area contributed by atoms with Crippen molar-refractivity contribution >= 4 is 20.8 Å². The molecule has 0 amide bonds. The Labute approximate surface area is 180 Å². The van der Waals surface area contributed by atoms with E-state index in [0.29, 0.717) is 11.5 Å². The van der Waals surface area contributed by atoms with Crippen molar-refractivity contribution in [3.8, 4) is 5.75 Å². The van der Waals surface area contributed by atoms with E-state index in [0.717, 1.165) is 40.7 Å². The lowest BCUT2D eigenvalue weighted by molar-refractivity contribution is -0.0704. The van der Waals surface area contributed by atoms with Gasteiger partial charge in [-0.2, -0.15) is 0 Å².